The number of Topliss-reactive ketones (excluding diaryl/α,β-unsaturated/α-hetero) is 1. The second-order valence-corrected chi connectivity index (χ2v) is 9.01. The number of nitrogens with zero attached hydrogens (tertiary/aromatic N) is 1. The maximum Gasteiger partial charge on any atom is 0.306 e. The van der Waals surface area contributed by atoms with Gasteiger partial charge in [0.1, 0.15) is 12.4 Å². The van der Waals surface area contributed by atoms with Crippen molar-refractivity contribution < 1.29 is 27.2 Å². The highest BCUT2D eigenvalue weighted by molar-refractivity contribution is 7.88. The SMILES string of the molecule is CN(C)S(=O)(=O)c1ccc(COC(=O)CCC(=O)c2ccc3c(c2)CCC3)o1. The highest BCUT2D eigenvalue weighted by atomic mass is 32.2. The van der Waals surface area contributed by atoms with Gasteiger partial charge >= 0.3 is 5.97 Å². The second-order valence-electron chi connectivity index (χ2n) is 6.93. The minimum Gasteiger partial charge on any atom is -0.457 e. The minimum atomic E-state index is -3.67. The first kappa shape index (κ1) is 20.3. The number of hydrogen-bond donors (Lipinski definition) is 0. The molecular formula is C20H23NO6S. The lowest BCUT2D eigenvalue weighted by molar-refractivity contribution is -0.145. The van der Waals surface area contributed by atoms with Crippen molar-refractivity contribution in [2.24, 2.45) is 0 Å². The van der Waals surface area contributed by atoms with Crippen molar-refractivity contribution in [2.75, 3.05) is 14.1 Å². The van der Waals surface area contributed by atoms with Gasteiger partial charge in [-0.15, -0.1) is 0 Å². The van der Waals surface area contributed by atoms with Crippen molar-refractivity contribution in [1.29, 1.82) is 0 Å². The average molecular weight is 405 g/mol. The summed E-state index contributed by atoms with van der Waals surface area (Å²) in [5, 5.41) is -0.213. The van der Waals surface area contributed by atoms with Crippen molar-refractivity contribution in [3.05, 3.63) is 52.8 Å². The van der Waals surface area contributed by atoms with Crippen LogP contribution in [0.4, 0.5) is 0 Å². The van der Waals surface area contributed by atoms with Crippen LogP contribution in [0.3, 0.4) is 0 Å². The van der Waals surface area contributed by atoms with Gasteiger partial charge in [-0.2, -0.15) is 0 Å². The van der Waals surface area contributed by atoms with Crippen LogP contribution in [0.15, 0.2) is 39.8 Å². The fraction of sp³-hybridized carbons (Fsp3) is 0.400. The van der Waals surface area contributed by atoms with E-state index in [1.165, 1.54) is 37.4 Å². The largest absolute Gasteiger partial charge is 0.457 e. The topological polar surface area (TPSA) is 93.9 Å². The minimum absolute atomic E-state index is 0.0422. The molecule has 0 aliphatic heterocycles. The summed E-state index contributed by atoms with van der Waals surface area (Å²) in [6.07, 6.45) is 3.19. The first-order valence-electron chi connectivity index (χ1n) is 9.09. The van der Waals surface area contributed by atoms with E-state index in [2.05, 4.69) is 0 Å². The first-order valence-corrected chi connectivity index (χ1v) is 10.5. The summed E-state index contributed by atoms with van der Waals surface area (Å²) < 4.78 is 35.2. The second kappa shape index (κ2) is 8.28. The fourth-order valence-electron chi connectivity index (χ4n) is 3.08. The molecule has 0 saturated heterocycles. The van der Waals surface area contributed by atoms with Crippen LogP contribution in [0.25, 0.3) is 0 Å². The zero-order valence-electron chi connectivity index (χ0n) is 15.9. The number of furan rings is 1. The molecule has 2 aromatic rings. The van der Waals surface area contributed by atoms with E-state index in [0.29, 0.717) is 5.56 Å². The molecule has 0 bridgehead atoms. The lowest BCUT2D eigenvalue weighted by Gasteiger charge is -2.08. The van der Waals surface area contributed by atoms with Gasteiger partial charge in [0.2, 0.25) is 5.09 Å². The third-order valence-corrected chi connectivity index (χ3v) is 6.41. The molecule has 0 N–H and O–H groups in total. The number of aryl methyl sites for hydroxylation is 2. The Labute approximate surface area is 164 Å². The molecule has 3 rings (SSSR count). The van der Waals surface area contributed by atoms with Crippen LogP contribution in [0.5, 0.6) is 0 Å². The average Bonchev–Trinajstić information content (AvgIpc) is 3.32. The molecule has 7 nitrogen and oxygen atoms in total. The van der Waals surface area contributed by atoms with Gasteiger partial charge in [0, 0.05) is 26.1 Å². The first-order chi connectivity index (χ1) is 13.3. The number of carbonyl (C=O) groups is 2. The van der Waals surface area contributed by atoms with E-state index < -0.39 is 16.0 Å². The lowest BCUT2D eigenvalue weighted by Crippen LogP contribution is -2.21. The van der Waals surface area contributed by atoms with Crippen LogP contribution in [-0.2, 0) is 39.0 Å². The van der Waals surface area contributed by atoms with E-state index in [1.807, 2.05) is 18.2 Å². The lowest BCUT2D eigenvalue weighted by atomic mass is 10.0. The summed E-state index contributed by atoms with van der Waals surface area (Å²) in [4.78, 5) is 24.2. The predicted molar refractivity (Wildman–Crippen MR) is 101 cm³/mol. The number of benzene rings is 1. The Morgan fingerprint density at radius 1 is 1.07 bits per heavy atom. The molecule has 1 aromatic heterocycles. The maximum atomic E-state index is 12.3. The van der Waals surface area contributed by atoms with Crippen LogP contribution in [-0.4, -0.2) is 38.6 Å². The van der Waals surface area contributed by atoms with Crippen molar-refractivity contribution >= 4 is 21.8 Å². The van der Waals surface area contributed by atoms with E-state index in [-0.39, 0.29) is 36.1 Å². The van der Waals surface area contributed by atoms with E-state index in [0.717, 1.165) is 23.6 Å². The Bertz CT molecular complexity index is 990. The van der Waals surface area contributed by atoms with Crippen LogP contribution in [0, 0.1) is 0 Å². The molecule has 0 fully saturated rings. The van der Waals surface area contributed by atoms with Gasteiger partial charge in [0.05, 0.1) is 6.42 Å². The molecule has 0 radical (unpaired) electrons. The van der Waals surface area contributed by atoms with Gasteiger partial charge in [0.15, 0.2) is 5.78 Å². The van der Waals surface area contributed by atoms with Gasteiger partial charge in [-0.1, -0.05) is 12.1 Å². The van der Waals surface area contributed by atoms with Gasteiger partial charge in [-0.3, -0.25) is 9.59 Å². The number of ether oxygens (including phenoxy) is 1. The Kier molecular flexibility index (Phi) is 6.00. The monoisotopic (exact) mass is 405 g/mol. The summed E-state index contributed by atoms with van der Waals surface area (Å²) >= 11 is 0. The molecule has 8 heteroatoms. The van der Waals surface area contributed by atoms with E-state index in [9.17, 15) is 18.0 Å². The summed E-state index contributed by atoms with van der Waals surface area (Å²) in [6, 6.07) is 8.48. The summed E-state index contributed by atoms with van der Waals surface area (Å²) in [5.41, 5.74) is 3.14. The third-order valence-electron chi connectivity index (χ3n) is 4.72. The zero-order valence-corrected chi connectivity index (χ0v) is 16.8. The van der Waals surface area contributed by atoms with Gasteiger partial charge in [0.25, 0.3) is 10.0 Å². The number of esters is 1. The fourth-order valence-corrected chi connectivity index (χ4v) is 3.90. The van der Waals surface area contributed by atoms with Crippen LogP contribution < -0.4 is 0 Å². The Morgan fingerprint density at radius 2 is 1.82 bits per heavy atom. The van der Waals surface area contributed by atoms with Crippen LogP contribution in [0.2, 0.25) is 0 Å². The molecule has 0 amide bonds. The molecule has 1 aromatic carbocycles. The Hall–Kier alpha value is -2.45. The molecule has 1 heterocycles. The molecule has 0 spiro atoms. The Balaban J connectivity index is 1.49. The van der Waals surface area contributed by atoms with Gasteiger partial charge in [-0.05, 0) is 48.6 Å². The molecule has 1 aliphatic carbocycles. The number of fused-ring (bicyclic) bond motifs is 1. The predicted octanol–water partition coefficient (Wildman–Crippen LogP) is 2.72. The van der Waals surface area contributed by atoms with Crippen molar-refractivity contribution in [3.63, 3.8) is 0 Å². The summed E-state index contributed by atoms with van der Waals surface area (Å²) in [7, 11) is -0.873. The van der Waals surface area contributed by atoms with Crippen LogP contribution in [0.1, 0.15) is 46.5 Å². The van der Waals surface area contributed by atoms with Gasteiger partial charge in [-0.25, -0.2) is 12.7 Å². The normalized spacial score (nSPS) is 13.5. The molecule has 0 saturated carbocycles. The third kappa shape index (κ3) is 4.51. The summed E-state index contributed by atoms with van der Waals surface area (Å²) in [5.74, 6) is -0.411. The zero-order chi connectivity index (χ0) is 20.3. The van der Waals surface area contributed by atoms with Crippen molar-refractivity contribution in [2.45, 2.75) is 43.8 Å². The van der Waals surface area contributed by atoms with E-state index in [1.54, 1.807) is 0 Å². The molecular weight excluding hydrogens is 382 g/mol. The van der Waals surface area contributed by atoms with E-state index in [4.69, 9.17) is 9.15 Å². The molecule has 0 atom stereocenters. The molecule has 1 aliphatic rings. The summed E-state index contributed by atoms with van der Waals surface area (Å²) in [6.45, 7) is -0.186. The molecule has 0 unspecified atom stereocenters. The smallest absolute Gasteiger partial charge is 0.306 e. The van der Waals surface area contributed by atoms with Crippen molar-refractivity contribution in [1.82, 2.24) is 4.31 Å². The van der Waals surface area contributed by atoms with E-state index >= 15 is 0 Å². The number of carbonyl (C=O) groups excluding carboxylic acids is 2. The van der Waals surface area contributed by atoms with Crippen molar-refractivity contribution in [3.8, 4) is 0 Å². The molecule has 150 valence electrons. The number of rotatable bonds is 8. The number of hydrogen-bond acceptors (Lipinski definition) is 6. The highest BCUT2D eigenvalue weighted by Crippen LogP contribution is 2.23. The quantitative estimate of drug-likeness (QED) is 0.495. The highest BCUT2D eigenvalue weighted by Gasteiger charge is 2.22. The number of sulfonamides is 1. The number of ketones is 1. The Morgan fingerprint density at radius 3 is 2.57 bits per heavy atom. The standard InChI is InChI=1S/C20H23NO6S/c1-21(2)28(24,25)20-11-8-17(27-20)13-26-19(23)10-9-18(22)16-7-6-14-4-3-5-15(14)12-16/h6-8,11-12H,3-5,9-10,13H2,1-2H3. The maximum absolute atomic E-state index is 12.3. The van der Waals surface area contributed by atoms with Gasteiger partial charge < -0.3 is 9.15 Å². The molecule has 28 heavy (non-hydrogen) atoms. The van der Waals surface area contributed by atoms with Crippen LogP contribution >= 0.6 is 0 Å².